The van der Waals surface area contributed by atoms with E-state index in [1.807, 2.05) is 73.7 Å². The van der Waals surface area contributed by atoms with E-state index in [-0.39, 0.29) is 5.56 Å². The molecule has 2 heterocycles. The zero-order valence-electron chi connectivity index (χ0n) is 18.2. The van der Waals surface area contributed by atoms with E-state index in [4.69, 9.17) is 9.47 Å². The Morgan fingerprint density at radius 2 is 1.84 bits per heavy atom. The van der Waals surface area contributed by atoms with E-state index < -0.39 is 0 Å². The third kappa shape index (κ3) is 5.06. The lowest BCUT2D eigenvalue weighted by Gasteiger charge is -2.12. The number of rotatable bonds is 9. The Hall–Kier alpha value is -3.45. The number of aromatic nitrogens is 3. The Labute approximate surface area is 190 Å². The highest BCUT2D eigenvalue weighted by molar-refractivity contribution is 7.15. The van der Waals surface area contributed by atoms with Crippen LogP contribution >= 0.6 is 11.3 Å². The van der Waals surface area contributed by atoms with Gasteiger partial charge in [0.05, 0.1) is 17.7 Å². The third-order valence-corrected chi connectivity index (χ3v) is 5.70. The Bertz CT molecular complexity index is 1330. The molecule has 2 aromatic heterocycles. The highest BCUT2D eigenvalue weighted by Crippen LogP contribution is 2.29. The molecule has 164 valence electrons. The van der Waals surface area contributed by atoms with Crippen molar-refractivity contribution in [2.75, 3.05) is 13.2 Å². The minimum atomic E-state index is -0.182. The molecule has 0 atom stereocenters. The molecule has 0 amide bonds. The summed E-state index contributed by atoms with van der Waals surface area (Å²) in [6, 6.07) is 15.6. The summed E-state index contributed by atoms with van der Waals surface area (Å²) in [6.45, 7) is 5.25. The van der Waals surface area contributed by atoms with E-state index in [0.717, 1.165) is 29.7 Å². The second-order valence-electron chi connectivity index (χ2n) is 7.17. The van der Waals surface area contributed by atoms with Gasteiger partial charge in [0, 0.05) is 0 Å². The van der Waals surface area contributed by atoms with Crippen LogP contribution in [-0.2, 0) is 0 Å². The van der Waals surface area contributed by atoms with E-state index in [1.165, 1.54) is 15.9 Å². The number of nitrogens with zero attached hydrogens (tertiary/aromatic N) is 3. The van der Waals surface area contributed by atoms with E-state index in [1.54, 1.807) is 0 Å². The molecule has 6 nitrogen and oxygen atoms in total. The first-order chi connectivity index (χ1) is 15.7. The van der Waals surface area contributed by atoms with Crippen molar-refractivity contribution >= 4 is 34.5 Å². The molecule has 0 unspecified atom stereocenters. The van der Waals surface area contributed by atoms with Crippen LogP contribution in [0.25, 0.3) is 23.2 Å². The normalized spacial score (nSPS) is 12.1. The first-order valence-corrected chi connectivity index (χ1v) is 11.5. The van der Waals surface area contributed by atoms with Crippen LogP contribution in [-0.4, -0.2) is 27.8 Å². The van der Waals surface area contributed by atoms with Crippen molar-refractivity contribution in [3.8, 4) is 11.5 Å². The third-order valence-electron chi connectivity index (χ3n) is 4.74. The maximum absolute atomic E-state index is 12.8. The molecule has 0 bridgehead atoms. The van der Waals surface area contributed by atoms with Crippen molar-refractivity contribution in [1.29, 1.82) is 0 Å². The molecule has 0 saturated heterocycles. The molecule has 0 aliphatic rings. The molecule has 32 heavy (non-hydrogen) atoms. The van der Waals surface area contributed by atoms with Crippen LogP contribution in [0.4, 0.5) is 0 Å². The molecule has 0 aliphatic carbocycles. The summed E-state index contributed by atoms with van der Waals surface area (Å²) in [7, 11) is 0. The average Bonchev–Trinajstić information content (AvgIpc) is 3.33. The highest BCUT2D eigenvalue weighted by atomic mass is 32.1. The summed E-state index contributed by atoms with van der Waals surface area (Å²) < 4.78 is 13.5. The van der Waals surface area contributed by atoms with Crippen molar-refractivity contribution in [2.45, 2.75) is 26.7 Å². The van der Waals surface area contributed by atoms with Gasteiger partial charge >= 0.3 is 0 Å². The molecular formula is C25H25N3O3S. The van der Waals surface area contributed by atoms with Crippen LogP contribution in [0.5, 0.6) is 11.5 Å². The maximum atomic E-state index is 12.8. The molecule has 0 aliphatic heterocycles. The lowest BCUT2D eigenvalue weighted by molar-refractivity contribution is 0.272. The molecule has 2 aromatic carbocycles. The lowest BCUT2D eigenvalue weighted by Crippen LogP contribution is -2.23. The minimum Gasteiger partial charge on any atom is -0.490 e. The van der Waals surface area contributed by atoms with Gasteiger partial charge in [0.2, 0.25) is 4.96 Å². The number of unbranched alkanes of at least 4 members (excludes halogenated alkanes) is 1. The highest BCUT2D eigenvalue weighted by Gasteiger charge is 2.10. The monoisotopic (exact) mass is 447 g/mol. The number of fused-ring (bicyclic) bond motifs is 1. The van der Waals surface area contributed by atoms with Crippen molar-refractivity contribution in [1.82, 2.24) is 14.6 Å². The number of benzene rings is 2. The van der Waals surface area contributed by atoms with Crippen LogP contribution in [0.2, 0.25) is 0 Å². The fraction of sp³-hybridized carbons (Fsp3) is 0.240. The van der Waals surface area contributed by atoms with Gasteiger partial charge < -0.3 is 9.47 Å². The van der Waals surface area contributed by atoms with Gasteiger partial charge in [-0.3, -0.25) is 4.79 Å². The predicted octanol–water partition coefficient (Wildman–Crippen LogP) is 4.45. The maximum Gasteiger partial charge on any atom is 0.291 e. The van der Waals surface area contributed by atoms with Gasteiger partial charge in [0.1, 0.15) is 0 Å². The van der Waals surface area contributed by atoms with Gasteiger partial charge in [0.25, 0.3) is 5.56 Å². The molecule has 0 N–H and O–H groups in total. The predicted molar refractivity (Wildman–Crippen MR) is 129 cm³/mol. The largest absolute Gasteiger partial charge is 0.490 e. The lowest BCUT2D eigenvalue weighted by atomic mass is 10.2. The number of hydrogen-bond acceptors (Lipinski definition) is 6. The summed E-state index contributed by atoms with van der Waals surface area (Å²) in [5.74, 6) is 1.91. The summed E-state index contributed by atoms with van der Waals surface area (Å²) in [6.07, 6.45) is 7.63. The minimum absolute atomic E-state index is 0.182. The first kappa shape index (κ1) is 21.8. The molecule has 0 spiro atoms. The molecule has 4 aromatic rings. The fourth-order valence-corrected chi connectivity index (χ4v) is 4.05. The van der Waals surface area contributed by atoms with E-state index in [9.17, 15) is 4.79 Å². The SMILES string of the molecule is CCCCOc1ccc(/C=c2/sc3nc(/C=C/c4ccccc4)nn3c2=O)cc1OCC. The van der Waals surface area contributed by atoms with Gasteiger partial charge in [-0.15, -0.1) is 5.10 Å². The molecule has 4 rings (SSSR count). The first-order valence-electron chi connectivity index (χ1n) is 10.7. The van der Waals surface area contributed by atoms with E-state index in [2.05, 4.69) is 17.0 Å². The van der Waals surface area contributed by atoms with Gasteiger partial charge in [-0.25, -0.2) is 0 Å². The summed E-state index contributed by atoms with van der Waals surface area (Å²) in [5, 5.41) is 4.34. The van der Waals surface area contributed by atoms with Gasteiger partial charge in [-0.1, -0.05) is 67.2 Å². The topological polar surface area (TPSA) is 65.7 Å². The zero-order valence-corrected chi connectivity index (χ0v) is 19.0. The van der Waals surface area contributed by atoms with Crippen LogP contribution in [0.3, 0.4) is 0 Å². The fourth-order valence-electron chi connectivity index (χ4n) is 3.13. The van der Waals surface area contributed by atoms with Gasteiger partial charge in [-0.05, 0) is 48.8 Å². The molecule has 0 fully saturated rings. The van der Waals surface area contributed by atoms with Gasteiger partial charge in [0.15, 0.2) is 17.3 Å². The van der Waals surface area contributed by atoms with Crippen molar-refractivity contribution in [3.05, 3.63) is 80.4 Å². The van der Waals surface area contributed by atoms with Crippen LogP contribution in [0, 0.1) is 0 Å². The summed E-state index contributed by atoms with van der Waals surface area (Å²) in [5.41, 5.74) is 1.73. The smallest absolute Gasteiger partial charge is 0.291 e. The van der Waals surface area contributed by atoms with Crippen molar-refractivity contribution in [3.63, 3.8) is 0 Å². The Kier molecular flexibility index (Phi) is 6.97. The molecule has 7 heteroatoms. The quantitative estimate of drug-likeness (QED) is 0.355. The van der Waals surface area contributed by atoms with Crippen molar-refractivity contribution in [2.24, 2.45) is 0 Å². The summed E-state index contributed by atoms with van der Waals surface area (Å²) in [4.78, 5) is 17.9. The molecule has 0 saturated carbocycles. The second-order valence-corrected chi connectivity index (χ2v) is 8.17. The average molecular weight is 448 g/mol. The van der Waals surface area contributed by atoms with E-state index >= 15 is 0 Å². The number of hydrogen-bond donors (Lipinski definition) is 0. The van der Waals surface area contributed by atoms with Crippen molar-refractivity contribution < 1.29 is 9.47 Å². The standard InChI is InChI=1S/C25H25N3O3S/c1-3-5-15-31-20-13-11-19(16-21(20)30-4-2)17-22-24(29)28-25(32-22)26-23(27-28)14-12-18-9-7-6-8-10-18/h6-14,16-17H,3-5,15H2,1-2H3/b14-12+,22-17+. The summed E-state index contributed by atoms with van der Waals surface area (Å²) >= 11 is 1.32. The molecule has 0 radical (unpaired) electrons. The van der Waals surface area contributed by atoms with Crippen LogP contribution in [0.15, 0.2) is 53.3 Å². The molecular weight excluding hydrogens is 422 g/mol. The van der Waals surface area contributed by atoms with E-state index in [0.29, 0.717) is 34.3 Å². The van der Waals surface area contributed by atoms with Crippen LogP contribution in [0.1, 0.15) is 43.6 Å². The number of thiazole rings is 1. The van der Waals surface area contributed by atoms with Crippen LogP contribution < -0.4 is 19.6 Å². The second kappa shape index (κ2) is 10.2. The Morgan fingerprint density at radius 3 is 2.59 bits per heavy atom. The zero-order chi connectivity index (χ0) is 22.3. The Morgan fingerprint density at radius 1 is 1.00 bits per heavy atom. The Balaban J connectivity index is 1.60. The number of ether oxygens (including phenoxy) is 2. The van der Waals surface area contributed by atoms with Gasteiger partial charge in [-0.2, -0.15) is 9.50 Å².